The highest BCUT2D eigenvalue weighted by Gasteiger charge is 2.28. The Kier molecular flexibility index (Phi) is 5.28. The molecule has 1 saturated carbocycles. The van der Waals surface area contributed by atoms with Crippen molar-refractivity contribution < 1.29 is 4.74 Å². The summed E-state index contributed by atoms with van der Waals surface area (Å²) >= 11 is 2.00. The van der Waals surface area contributed by atoms with E-state index in [2.05, 4.69) is 25.4 Å². The first kappa shape index (κ1) is 12.3. The van der Waals surface area contributed by atoms with Crippen LogP contribution >= 0.6 is 11.8 Å². The summed E-state index contributed by atoms with van der Waals surface area (Å²) in [5.41, 5.74) is 0. The Labute approximate surface area is 92.2 Å². The van der Waals surface area contributed by atoms with Crippen molar-refractivity contribution in [1.82, 2.24) is 5.32 Å². The molecule has 1 N–H and O–H groups in total. The molecule has 0 spiro atoms. The van der Waals surface area contributed by atoms with Crippen molar-refractivity contribution in [1.29, 1.82) is 0 Å². The lowest BCUT2D eigenvalue weighted by atomic mass is 10.1. The second-order valence-electron chi connectivity index (χ2n) is 4.21. The standard InChI is InChI=1S/C11H23NOS/c1-8(9(2)13-3)12-10-6-5-7-11(10)14-4/h8-12H,5-7H2,1-4H3. The molecule has 0 amide bonds. The number of hydrogen-bond donors (Lipinski definition) is 1. The quantitative estimate of drug-likeness (QED) is 0.763. The van der Waals surface area contributed by atoms with E-state index in [0.29, 0.717) is 18.2 Å². The average Bonchev–Trinajstić information content (AvgIpc) is 2.63. The van der Waals surface area contributed by atoms with Gasteiger partial charge in [0, 0.05) is 24.4 Å². The highest BCUT2D eigenvalue weighted by Crippen LogP contribution is 2.28. The van der Waals surface area contributed by atoms with Crippen LogP contribution in [-0.4, -0.2) is 36.8 Å². The van der Waals surface area contributed by atoms with Gasteiger partial charge in [-0.1, -0.05) is 6.42 Å². The largest absolute Gasteiger partial charge is 0.380 e. The smallest absolute Gasteiger partial charge is 0.0693 e. The Morgan fingerprint density at radius 1 is 1.36 bits per heavy atom. The summed E-state index contributed by atoms with van der Waals surface area (Å²) in [6.45, 7) is 4.34. The van der Waals surface area contributed by atoms with E-state index < -0.39 is 0 Å². The normalized spacial score (nSPS) is 31.7. The molecule has 4 atom stereocenters. The van der Waals surface area contributed by atoms with Crippen molar-refractivity contribution in [2.45, 2.75) is 56.5 Å². The predicted molar refractivity (Wildman–Crippen MR) is 64.0 cm³/mol. The van der Waals surface area contributed by atoms with Gasteiger partial charge in [0.1, 0.15) is 0 Å². The van der Waals surface area contributed by atoms with Gasteiger partial charge in [-0.25, -0.2) is 0 Å². The highest BCUT2D eigenvalue weighted by atomic mass is 32.2. The van der Waals surface area contributed by atoms with E-state index in [9.17, 15) is 0 Å². The fourth-order valence-corrected chi connectivity index (χ4v) is 3.02. The van der Waals surface area contributed by atoms with Gasteiger partial charge >= 0.3 is 0 Å². The molecule has 4 unspecified atom stereocenters. The number of rotatable bonds is 5. The van der Waals surface area contributed by atoms with Crippen molar-refractivity contribution in [3.63, 3.8) is 0 Å². The number of thioether (sulfide) groups is 1. The molecule has 3 heteroatoms. The number of nitrogens with one attached hydrogen (secondary N) is 1. The fourth-order valence-electron chi connectivity index (χ4n) is 2.08. The van der Waals surface area contributed by atoms with Crippen LogP contribution in [0.25, 0.3) is 0 Å². The molecule has 0 aromatic rings. The third-order valence-corrected chi connectivity index (χ3v) is 4.48. The fraction of sp³-hybridized carbons (Fsp3) is 1.00. The van der Waals surface area contributed by atoms with Crippen molar-refractivity contribution in [3.05, 3.63) is 0 Å². The van der Waals surface area contributed by atoms with Crippen LogP contribution in [0.4, 0.5) is 0 Å². The average molecular weight is 217 g/mol. The van der Waals surface area contributed by atoms with Gasteiger partial charge in [0.25, 0.3) is 0 Å². The Morgan fingerprint density at radius 3 is 2.64 bits per heavy atom. The summed E-state index contributed by atoms with van der Waals surface area (Å²) in [4.78, 5) is 0. The zero-order chi connectivity index (χ0) is 10.6. The van der Waals surface area contributed by atoms with Gasteiger partial charge in [-0.15, -0.1) is 0 Å². The van der Waals surface area contributed by atoms with Gasteiger partial charge in [-0.2, -0.15) is 11.8 Å². The minimum absolute atomic E-state index is 0.304. The summed E-state index contributed by atoms with van der Waals surface area (Å²) in [7, 11) is 1.78. The van der Waals surface area contributed by atoms with Gasteiger partial charge in [0.15, 0.2) is 0 Å². The van der Waals surface area contributed by atoms with E-state index in [0.717, 1.165) is 5.25 Å². The Hall–Kier alpha value is 0.270. The molecule has 1 aliphatic rings. The molecular formula is C11H23NOS. The molecule has 2 nitrogen and oxygen atoms in total. The molecule has 0 bridgehead atoms. The zero-order valence-corrected chi connectivity index (χ0v) is 10.6. The van der Waals surface area contributed by atoms with Crippen molar-refractivity contribution in [3.8, 4) is 0 Å². The van der Waals surface area contributed by atoms with Gasteiger partial charge in [0.05, 0.1) is 6.10 Å². The van der Waals surface area contributed by atoms with Gasteiger partial charge in [0.2, 0.25) is 0 Å². The molecule has 0 aromatic carbocycles. The van der Waals surface area contributed by atoms with Gasteiger partial charge < -0.3 is 10.1 Å². The third kappa shape index (κ3) is 3.14. The second-order valence-corrected chi connectivity index (χ2v) is 5.28. The number of ether oxygens (including phenoxy) is 1. The summed E-state index contributed by atoms with van der Waals surface area (Å²) in [5.74, 6) is 0. The van der Waals surface area contributed by atoms with Gasteiger partial charge in [-0.3, -0.25) is 0 Å². The zero-order valence-electron chi connectivity index (χ0n) is 9.75. The highest BCUT2D eigenvalue weighted by molar-refractivity contribution is 7.99. The van der Waals surface area contributed by atoms with Crippen LogP contribution in [0.5, 0.6) is 0 Å². The minimum atomic E-state index is 0.304. The maximum atomic E-state index is 5.32. The van der Waals surface area contributed by atoms with E-state index in [-0.39, 0.29) is 0 Å². The van der Waals surface area contributed by atoms with Crippen LogP contribution in [0.2, 0.25) is 0 Å². The lowest BCUT2D eigenvalue weighted by molar-refractivity contribution is 0.0849. The Balaban J connectivity index is 2.35. The first-order valence-electron chi connectivity index (χ1n) is 5.50. The Morgan fingerprint density at radius 2 is 2.07 bits per heavy atom. The van der Waals surface area contributed by atoms with Crippen LogP contribution in [-0.2, 0) is 4.74 Å². The summed E-state index contributed by atoms with van der Waals surface area (Å²) in [6, 6.07) is 1.15. The van der Waals surface area contributed by atoms with E-state index >= 15 is 0 Å². The van der Waals surface area contributed by atoms with E-state index in [1.54, 1.807) is 7.11 Å². The second kappa shape index (κ2) is 5.99. The van der Waals surface area contributed by atoms with Crippen LogP contribution in [0, 0.1) is 0 Å². The summed E-state index contributed by atoms with van der Waals surface area (Å²) in [6.07, 6.45) is 6.59. The van der Waals surface area contributed by atoms with Gasteiger partial charge in [-0.05, 0) is 32.9 Å². The van der Waals surface area contributed by atoms with Crippen molar-refractivity contribution in [2.75, 3.05) is 13.4 Å². The molecule has 1 rings (SSSR count). The van der Waals surface area contributed by atoms with E-state index in [1.165, 1.54) is 19.3 Å². The molecule has 84 valence electrons. The SMILES string of the molecule is COC(C)C(C)NC1CCCC1SC. The van der Waals surface area contributed by atoms with Crippen molar-refractivity contribution in [2.24, 2.45) is 0 Å². The first-order valence-corrected chi connectivity index (χ1v) is 6.79. The first-order chi connectivity index (χ1) is 6.69. The number of methoxy groups -OCH3 is 1. The predicted octanol–water partition coefficient (Wildman–Crippen LogP) is 2.28. The minimum Gasteiger partial charge on any atom is -0.380 e. The maximum absolute atomic E-state index is 5.32. The van der Waals surface area contributed by atoms with Crippen LogP contribution in [0.3, 0.4) is 0 Å². The molecule has 14 heavy (non-hydrogen) atoms. The van der Waals surface area contributed by atoms with Crippen molar-refractivity contribution >= 4 is 11.8 Å². The lowest BCUT2D eigenvalue weighted by Crippen LogP contribution is -2.45. The third-order valence-electron chi connectivity index (χ3n) is 3.31. The molecule has 1 aliphatic carbocycles. The maximum Gasteiger partial charge on any atom is 0.0693 e. The summed E-state index contributed by atoms with van der Waals surface area (Å²) in [5, 5.41) is 4.49. The molecule has 0 aliphatic heterocycles. The van der Waals surface area contributed by atoms with Crippen LogP contribution in [0.1, 0.15) is 33.1 Å². The van der Waals surface area contributed by atoms with Crippen LogP contribution < -0.4 is 5.32 Å². The molecule has 0 radical (unpaired) electrons. The molecule has 1 fully saturated rings. The molecule has 0 aromatic heterocycles. The molecule has 0 heterocycles. The Bertz CT molecular complexity index is 165. The number of hydrogen-bond acceptors (Lipinski definition) is 3. The molecule has 0 saturated heterocycles. The van der Waals surface area contributed by atoms with E-state index in [4.69, 9.17) is 4.74 Å². The topological polar surface area (TPSA) is 21.3 Å². The monoisotopic (exact) mass is 217 g/mol. The van der Waals surface area contributed by atoms with E-state index in [1.807, 2.05) is 11.8 Å². The van der Waals surface area contributed by atoms with Crippen LogP contribution in [0.15, 0.2) is 0 Å². The summed E-state index contributed by atoms with van der Waals surface area (Å²) < 4.78 is 5.32. The lowest BCUT2D eigenvalue weighted by Gasteiger charge is -2.27. The molecular weight excluding hydrogens is 194 g/mol.